The van der Waals surface area contributed by atoms with E-state index in [-0.39, 0.29) is 5.91 Å². The van der Waals surface area contributed by atoms with Gasteiger partial charge in [0.05, 0.1) is 11.6 Å². The van der Waals surface area contributed by atoms with E-state index in [0.717, 1.165) is 31.6 Å². The summed E-state index contributed by atoms with van der Waals surface area (Å²) in [7, 11) is 0. The zero-order valence-corrected chi connectivity index (χ0v) is 12.4. The lowest BCUT2D eigenvalue weighted by atomic mass is 9.99. The lowest BCUT2D eigenvalue weighted by Crippen LogP contribution is -2.46. The molecule has 0 aliphatic carbocycles. The van der Waals surface area contributed by atoms with Crippen molar-refractivity contribution in [2.45, 2.75) is 38.3 Å². The lowest BCUT2D eigenvalue weighted by Gasteiger charge is -2.36. The van der Waals surface area contributed by atoms with Crippen molar-refractivity contribution >= 4 is 11.6 Å². The van der Waals surface area contributed by atoms with E-state index in [4.69, 9.17) is 11.0 Å². The van der Waals surface area contributed by atoms with Gasteiger partial charge in [0.2, 0.25) is 5.91 Å². The van der Waals surface area contributed by atoms with Crippen LogP contribution in [0.5, 0.6) is 0 Å². The van der Waals surface area contributed by atoms with Crippen LogP contribution in [0.1, 0.15) is 31.7 Å². The molecule has 0 aromatic heterocycles. The summed E-state index contributed by atoms with van der Waals surface area (Å²) in [6.45, 7) is 3.89. The van der Waals surface area contributed by atoms with E-state index >= 15 is 0 Å². The molecular formula is C16H22N4O. The maximum absolute atomic E-state index is 12.0. The van der Waals surface area contributed by atoms with Crippen molar-refractivity contribution in [3.05, 3.63) is 29.8 Å². The second-order valence-corrected chi connectivity index (χ2v) is 5.66. The third-order valence-electron chi connectivity index (χ3n) is 3.98. The Bertz CT molecular complexity index is 520. The fraction of sp³-hybridized carbons (Fsp3) is 0.500. The first-order valence-electron chi connectivity index (χ1n) is 7.38. The van der Waals surface area contributed by atoms with Gasteiger partial charge in [-0.2, -0.15) is 5.26 Å². The Kier molecular flexibility index (Phi) is 5.32. The second-order valence-electron chi connectivity index (χ2n) is 5.66. The number of rotatable bonds is 4. The number of likely N-dealkylation sites (tertiary alicyclic amines) is 1. The van der Waals surface area contributed by atoms with Gasteiger partial charge in [0.1, 0.15) is 0 Å². The Labute approximate surface area is 125 Å². The first-order valence-corrected chi connectivity index (χ1v) is 7.38. The molecular weight excluding hydrogens is 264 g/mol. The van der Waals surface area contributed by atoms with Gasteiger partial charge in [-0.15, -0.1) is 0 Å². The van der Waals surface area contributed by atoms with Crippen LogP contribution in [0.2, 0.25) is 0 Å². The minimum Gasteiger partial charge on any atom is -0.328 e. The molecule has 1 amide bonds. The molecule has 1 aliphatic rings. The Morgan fingerprint density at radius 1 is 1.48 bits per heavy atom. The largest absolute Gasteiger partial charge is 0.328 e. The number of nitrogens with zero attached hydrogens (tertiary/aromatic N) is 2. The van der Waals surface area contributed by atoms with Crippen LogP contribution < -0.4 is 11.1 Å². The van der Waals surface area contributed by atoms with E-state index in [2.05, 4.69) is 23.2 Å². The molecule has 21 heavy (non-hydrogen) atoms. The van der Waals surface area contributed by atoms with Crippen molar-refractivity contribution in [1.82, 2.24) is 4.90 Å². The van der Waals surface area contributed by atoms with Crippen molar-refractivity contribution in [1.29, 1.82) is 5.26 Å². The van der Waals surface area contributed by atoms with E-state index in [1.165, 1.54) is 0 Å². The summed E-state index contributed by atoms with van der Waals surface area (Å²) in [5.74, 6) is 0.00165. The highest BCUT2D eigenvalue weighted by atomic mass is 16.1. The van der Waals surface area contributed by atoms with Gasteiger partial charge >= 0.3 is 0 Å². The fourth-order valence-electron chi connectivity index (χ4n) is 2.69. The summed E-state index contributed by atoms with van der Waals surface area (Å²) in [4.78, 5) is 14.3. The van der Waals surface area contributed by atoms with Crippen molar-refractivity contribution in [2.24, 2.45) is 5.73 Å². The fourth-order valence-corrected chi connectivity index (χ4v) is 2.69. The minimum absolute atomic E-state index is 0.00165. The average Bonchev–Trinajstić information content (AvgIpc) is 2.47. The predicted molar refractivity (Wildman–Crippen MR) is 82.6 cm³/mol. The first kappa shape index (κ1) is 15.5. The monoisotopic (exact) mass is 286 g/mol. The molecule has 2 rings (SSSR count). The Hall–Kier alpha value is -1.90. The molecule has 5 nitrogen and oxygen atoms in total. The molecule has 0 radical (unpaired) electrons. The molecule has 1 saturated heterocycles. The summed E-state index contributed by atoms with van der Waals surface area (Å²) in [5.41, 5.74) is 7.26. The van der Waals surface area contributed by atoms with Gasteiger partial charge in [0.15, 0.2) is 0 Å². The van der Waals surface area contributed by atoms with Crippen LogP contribution in [0.15, 0.2) is 24.3 Å². The van der Waals surface area contributed by atoms with E-state index in [9.17, 15) is 4.79 Å². The molecule has 2 unspecified atom stereocenters. The van der Waals surface area contributed by atoms with Gasteiger partial charge in [-0.3, -0.25) is 4.79 Å². The average molecular weight is 286 g/mol. The van der Waals surface area contributed by atoms with Crippen molar-refractivity contribution in [2.75, 3.05) is 18.4 Å². The number of nitrogens with two attached hydrogens (primary N) is 1. The number of amides is 1. The predicted octanol–water partition coefficient (Wildman–Crippen LogP) is 1.70. The van der Waals surface area contributed by atoms with Gasteiger partial charge in [-0.1, -0.05) is 0 Å². The number of hydrogen-bond acceptors (Lipinski definition) is 4. The highest BCUT2D eigenvalue weighted by Gasteiger charge is 2.23. The molecule has 1 heterocycles. The molecule has 1 aromatic carbocycles. The number of carbonyl (C=O) groups excluding carboxylic acids is 1. The van der Waals surface area contributed by atoms with Crippen molar-refractivity contribution < 1.29 is 4.79 Å². The summed E-state index contributed by atoms with van der Waals surface area (Å²) < 4.78 is 0. The van der Waals surface area contributed by atoms with Crippen LogP contribution in [0.4, 0.5) is 5.69 Å². The Morgan fingerprint density at radius 2 is 2.19 bits per heavy atom. The summed E-state index contributed by atoms with van der Waals surface area (Å²) in [5, 5.41) is 11.6. The highest BCUT2D eigenvalue weighted by molar-refractivity contribution is 5.90. The maximum Gasteiger partial charge on any atom is 0.225 e. The van der Waals surface area contributed by atoms with Crippen LogP contribution >= 0.6 is 0 Å². The van der Waals surface area contributed by atoms with Gasteiger partial charge in [-0.05, 0) is 50.6 Å². The summed E-state index contributed by atoms with van der Waals surface area (Å²) in [6.07, 6.45) is 2.47. The van der Waals surface area contributed by atoms with Crippen molar-refractivity contribution in [3.8, 4) is 6.07 Å². The number of nitrogens with one attached hydrogen (secondary N) is 1. The topological polar surface area (TPSA) is 82.2 Å². The number of piperidine rings is 1. The van der Waals surface area contributed by atoms with Crippen molar-refractivity contribution in [3.63, 3.8) is 0 Å². The SMILES string of the molecule is CC1CC(N)CCN1CCC(=O)Nc1ccc(C#N)cc1. The molecule has 112 valence electrons. The molecule has 1 aliphatic heterocycles. The molecule has 1 fully saturated rings. The molecule has 5 heteroatoms. The molecule has 0 spiro atoms. The van der Waals surface area contributed by atoms with Gasteiger partial charge in [0, 0.05) is 30.7 Å². The first-order chi connectivity index (χ1) is 10.1. The van der Waals surface area contributed by atoms with Gasteiger partial charge < -0.3 is 16.0 Å². The standard InChI is InChI=1S/C16H22N4O/c1-12-10-14(18)6-8-20(12)9-7-16(21)19-15-4-2-13(11-17)3-5-15/h2-5,12,14H,6-10,18H2,1H3,(H,19,21). The number of benzene rings is 1. The van der Waals surface area contributed by atoms with Crippen LogP contribution in [0.3, 0.4) is 0 Å². The smallest absolute Gasteiger partial charge is 0.225 e. The number of hydrogen-bond donors (Lipinski definition) is 2. The highest BCUT2D eigenvalue weighted by Crippen LogP contribution is 2.16. The van der Waals surface area contributed by atoms with Crippen LogP contribution in [0.25, 0.3) is 0 Å². The van der Waals surface area contributed by atoms with Gasteiger partial charge in [-0.25, -0.2) is 0 Å². The molecule has 2 atom stereocenters. The molecule has 3 N–H and O–H groups in total. The van der Waals surface area contributed by atoms with Crippen LogP contribution in [0, 0.1) is 11.3 Å². The van der Waals surface area contributed by atoms with Crippen LogP contribution in [-0.2, 0) is 4.79 Å². The minimum atomic E-state index is 0.00165. The van der Waals surface area contributed by atoms with E-state index in [1.807, 2.05) is 0 Å². The maximum atomic E-state index is 12.0. The Balaban J connectivity index is 1.78. The summed E-state index contributed by atoms with van der Waals surface area (Å²) >= 11 is 0. The van der Waals surface area contributed by atoms with E-state index in [0.29, 0.717) is 24.1 Å². The second kappa shape index (κ2) is 7.21. The van der Waals surface area contributed by atoms with Gasteiger partial charge in [0.25, 0.3) is 0 Å². The number of carbonyl (C=O) groups is 1. The normalized spacial score (nSPS) is 22.5. The lowest BCUT2D eigenvalue weighted by molar-refractivity contribution is -0.116. The molecule has 0 saturated carbocycles. The quantitative estimate of drug-likeness (QED) is 0.882. The molecule has 0 bridgehead atoms. The third-order valence-corrected chi connectivity index (χ3v) is 3.98. The summed E-state index contributed by atoms with van der Waals surface area (Å²) in [6, 6.07) is 9.68. The van der Waals surface area contributed by atoms with Crippen LogP contribution in [-0.4, -0.2) is 36.0 Å². The zero-order valence-electron chi connectivity index (χ0n) is 12.4. The zero-order chi connectivity index (χ0) is 15.2. The number of nitriles is 1. The van der Waals surface area contributed by atoms with E-state index in [1.54, 1.807) is 24.3 Å². The van der Waals surface area contributed by atoms with E-state index < -0.39 is 0 Å². The Morgan fingerprint density at radius 3 is 2.81 bits per heavy atom. The number of anilines is 1. The third kappa shape index (κ3) is 4.55. The molecule has 1 aromatic rings.